The number of hydrogen-bond acceptors (Lipinski definition) is 3. The third-order valence-electron chi connectivity index (χ3n) is 4.11. The van der Waals surface area contributed by atoms with Gasteiger partial charge in [0.15, 0.2) is 0 Å². The van der Waals surface area contributed by atoms with E-state index in [0.29, 0.717) is 6.54 Å². The van der Waals surface area contributed by atoms with Gasteiger partial charge in [-0.2, -0.15) is 0 Å². The molecule has 0 radical (unpaired) electrons. The minimum atomic E-state index is -0.874. The van der Waals surface area contributed by atoms with E-state index in [1.807, 2.05) is 32.0 Å². The van der Waals surface area contributed by atoms with Crippen LogP contribution in [0, 0.1) is 19.8 Å². The Bertz CT molecular complexity index is 618. The van der Waals surface area contributed by atoms with Crippen molar-refractivity contribution in [1.29, 1.82) is 0 Å². The Hall–Kier alpha value is -2.04. The smallest absolute Gasteiger partial charge is 0.410 e. The molecule has 1 N–H and O–H groups in total. The van der Waals surface area contributed by atoms with Gasteiger partial charge in [-0.25, -0.2) is 4.79 Å². The van der Waals surface area contributed by atoms with E-state index in [4.69, 9.17) is 4.74 Å². The Morgan fingerprint density at radius 3 is 2.39 bits per heavy atom. The molecule has 1 fully saturated rings. The number of aliphatic carboxylic acids is 1. The zero-order chi connectivity index (χ0) is 17.4. The predicted molar refractivity (Wildman–Crippen MR) is 87.6 cm³/mol. The number of nitrogens with zero attached hydrogens (tertiary/aromatic N) is 1. The first kappa shape index (κ1) is 17.3. The highest BCUT2D eigenvalue weighted by atomic mass is 16.6. The van der Waals surface area contributed by atoms with Crippen LogP contribution >= 0.6 is 0 Å². The van der Waals surface area contributed by atoms with Crippen LogP contribution in [0.25, 0.3) is 0 Å². The molecule has 0 aromatic heterocycles. The third-order valence-corrected chi connectivity index (χ3v) is 4.11. The molecule has 0 saturated carbocycles. The molecule has 1 aromatic carbocycles. The monoisotopic (exact) mass is 319 g/mol. The Morgan fingerprint density at radius 2 is 1.87 bits per heavy atom. The number of carbonyl (C=O) groups excluding carboxylic acids is 1. The van der Waals surface area contributed by atoms with Crippen LogP contribution in [-0.2, 0) is 9.53 Å². The van der Waals surface area contributed by atoms with Crippen LogP contribution in [0.4, 0.5) is 4.79 Å². The van der Waals surface area contributed by atoms with Gasteiger partial charge in [-0.1, -0.05) is 23.8 Å². The largest absolute Gasteiger partial charge is 0.481 e. The number of benzene rings is 1. The molecule has 23 heavy (non-hydrogen) atoms. The molecule has 1 heterocycles. The number of hydrogen-bond donors (Lipinski definition) is 1. The molecule has 0 bridgehead atoms. The molecule has 0 aliphatic carbocycles. The summed E-state index contributed by atoms with van der Waals surface area (Å²) in [5.74, 6) is -1.69. The summed E-state index contributed by atoms with van der Waals surface area (Å²) in [5, 5.41) is 9.54. The van der Waals surface area contributed by atoms with Crippen LogP contribution in [0.2, 0.25) is 0 Å². The van der Waals surface area contributed by atoms with Gasteiger partial charge in [-0.3, -0.25) is 4.79 Å². The number of likely N-dealkylation sites (tertiary alicyclic amines) is 1. The highest BCUT2D eigenvalue weighted by molar-refractivity contribution is 5.76. The van der Waals surface area contributed by atoms with Crippen molar-refractivity contribution in [2.45, 2.75) is 46.1 Å². The van der Waals surface area contributed by atoms with Crippen LogP contribution < -0.4 is 0 Å². The van der Waals surface area contributed by atoms with Gasteiger partial charge in [0.1, 0.15) is 5.60 Å². The second-order valence-electron chi connectivity index (χ2n) is 7.30. The Balaban J connectivity index is 2.25. The van der Waals surface area contributed by atoms with Crippen LogP contribution in [0.15, 0.2) is 18.2 Å². The fraction of sp³-hybridized carbons (Fsp3) is 0.556. The number of amides is 1. The SMILES string of the molecule is Cc1ccc(C2CN(C(=O)OC(C)(C)C)CC2C(=O)O)c(C)c1. The normalized spacial score (nSPS) is 21.3. The Kier molecular flexibility index (Phi) is 4.68. The zero-order valence-corrected chi connectivity index (χ0v) is 14.4. The molecule has 0 spiro atoms. The van der Waals surface area contributed by atoms with Crippen molar-refractivity contribution in [2.75, 3.05) is 13.1 Å². The van der Waals surface area contributed by atoms with Gasteiger partial charge < -0.3 is 14.7 Å². The highest BCUT2D eigenvalue weighted by Crippen LogP contribution is 2.35. The van der Waals surface area contributed by atoms with Gasteiger partial charge in [0, 0.05) is 19.0 Å². The second kappa shape index (κ2) is 6.22. The van der Waals surface area contributed by atoms with Crippen LogP contribution in [0.3, 0.4) is 0 Å². The lowest BCUT2D eigenvalue weighted by Crippen LogP contribution is -2.35. The minimum absolute atomic E-state index is 0.183. The fourth-order valence-corrected chi connectivity index (χ4v) is 3.09. The summed E-state index contributed by atoms with van der Waals surface area (Å²) >= 11 is 0. The molecule has 126 valence electrons. The topological polar surface area (TPSA) is 66.8 Å². The van der Waals surface area contributed by atoms with E-state index in [1.54, 1.807) is 20.8 Å². The van der Waals surface area contributed by atoms with Crippen LogP contribution in [0.5, 0.6) is 0 Å². The molecule has 2 rings (SSSR count). The lowest BCUT2D eigenvalue weighted by Gasteiger charge is -2.24. The highest BCUT2D eigenvalue weighted by Gasteiger charge is 2.42. The van der Waals surface area contributed by atoms with Crippen molar-refractivity contribution in [1.82, 2.24) is 4.90 Å². The maximum absolute atomic E-state index is 12.3. The number of carboxylic acid groups (broad SMARTS) is 1. The number of carbonyl (C=O) groups is 2. The van der Waals surface area contributed by atoms with E-state index in [9.17, 15) is 14.7 Å². The molecule has 2 atom stereocenters. The zero-order valence-electron chi connectivity index (χ0n) is 14.4. The first-order valence-electron chi connectivity index (χ1n) is 7.86. The molecule has 5 nitrogen and oxygen atoms in total. The van der Waals surface area contributed by atoms with E-state index in [-0.39, 0.29) is 12.5 Å². The molecule has 1 amide bonds. The summed E-state index contributed by atoms with van der Waals surface area (Å²) < 4.78 is 5.38. The second-order valence-corrected chi connectivity index (χ2v) is 7.30. The number of ether oxygens (including phenoxy) is 1. The van der Waals surface area contributed by atoms with Gasteiger partial charge in [0.2, 0.25) is 0 Å². The molecule has 1 saturated heterocycles. The average Bonchev–Trinajstić information content (AvgIpc) is 2.81. The molecular weight excluding hydrogens is 294 g/mol. The predicted octanol–water partition coefficient (Wildman–Crippen LogP) is 3.34. The Labute approximate surface area is 137 Å². The Morgan fingerprint density at radius 1 is 1.22 bits per heavy atom. The molecule has 5 heteroatoms. The summed E-state index contributed by atoms with van der Waals surface area (Å²) in [4.78, 5) is 25.4. The summed E-state index contributed by atoms with van der Waals surface area (Å²) in [6.45, 7) is 9.95. The molecule has 2 unspecified atom stereocenters. The van der Waals surface area contributed by atoms with E-state index in [1.165, 1.54) is 4.90 Å². The van der Waals surface area contributed by atoms with E-state index < -0.39 is 23.6 Å². The quantitative estimate of drug-likeness (QED) is 0.908. The van der Waals surface area contributed by atoms with Gasteiger partial charge >= 0.3 is 12.1 Å². The summed E-state index contributed by atoms with van der Waals surface area (Å²) in [7, 11) is 0. The van der Waals surface area contributed by atoms with Crippen molar-refractivity contribution in [3.8, 4) is 0 Å². The van der Waals surface area contributed by atoms with Crippen molar-refractivity contribution in [3.05, 3.63) is 34.9 Å². The number of carboxylic acids is 1. The lowest BCUT2D eigenvalue weighted by atomic mass is 9.86. The first-order valence-corrected chi connectivity index (χ1v) is 7.86. The molecule has 1 aliphatic heterocycles. The maximum Gasteiger partial charge on any atom is 0.410 e. The summed E-state index contributed by atoms with van der Waals surface area (Å²) in [5.41, 5.74) is 2.61. The van der Waals surface area contributed by atoms with Gasteiger partial charge in [-0.05, 0) is 45.7 Å². The summed E-state index contributed by atoms with van der Waals surface area (Å²) in [6, 6.07) is 6.01. The van der Waals surface area contributed by atoms with Crippen molar-refractivity contribution < 1.29 is 19.4 Å². The van der Waals surface area contributed by atoms with Crippen molar-refractivity contribution in [2.24, 2.45) is 5.92 Å². The standard InChI is InChI=1S/C18H25NO4/c1-11-6-7-13(12(2)8-11)14-9-19(10-15(14)16(20)21)17(22)23-18(3,4)5/h6-8,14-15H,9-10H2,1-5H3,(H,20,21). The van der Waals surface area contributed by atoms with Crippen LogP contribution in [0.1, 0.15) is 43.4 Å². The van der Waals surface area contributed by atoms with Crippen LogP contribution in [-0.4, -0.2) is 40.8 Å². The van der Waals surface area contributed by atoms with E-state index >= 15 is 0 Å². The van der Waals surface area contributed by atoms with Crippen molar-refractivity contribution in [3.63, 3.8) is 0 Å². The van der Waals surface area contributed by atoms with Crippen molar-refractivity contribution >= 4 is 12.1 Å². The van der Waals surface area contributed by atoms with Gasteiger partial charge in [0.25, 0.3) is 0 Å². The minimum Gasteiger partial charge on any atom is -0.481 e. The number of aryl methyl sites for hydroxylation is 2. The lowest BCUT2D eigenvalue weighted by molar-refractivity contribution is -0.141. The molecular formula is C18H25NO4. The summed E-state index contributed by atoms with van der Waals surface area (Å²) in [6.07, 6.45) is -0.448. The molecule has 1 aromatic rings. The molecule has 1 aliphatic rings. The maximum atomic E-state index is 12.3. The van der Waals surface area contributed by atoms with Gasteiger partial charge in [0.05, 0.1) is 5.92 Å². The number of rotatable bonds is 2. The third kappa shape index (κ3) is 4.03. The van der Waals surface area contributed by atoms with E-state index in [2.05, 4.69) is 0 Å². The van der Waals surface area contributed by atoms with Gasteiger partial charge in [-0.15, -0.1) is 0 Å². The van der Waals surface area contributed by atoms with E-state index in [0.717, 1.165) is 16.7 Å². The average molecular weight is 319 g/mol. The first-order chi connectivity index (χ1) is 10.6. The fourth-order valence-electron chi connectivity index (χ4n) is 3.09.